The van der Waals surface area contributed by atoms with Gasteiger partial charge >= 0.3 is 85.5 Å². The molecule has 0 bridgehead atoms. The number of piperidine rings is 1. The van der Waals surface area contributed by atoms with Crippen LogP contribution in [0.3, 0.4) is 0 Å². The maximum absolute atomic E-state index is 3.80. The van der Waals surface area contributed by atoms with Crippen molar-refractivity contribution in [2.24, 2.45) is 5.92 Å². The molecule has 3 rings (SSSR count). The molecule has 0 amide bonds. The third kappa shape index (κ3) is 7.69. The Kier molecular flexibility index (Phi) is 10.7. The van der Waals surface area contributed by atoms with Gasteiger partial charge in [-0.1, -0.05) is 13.0 Å². The number of aryl methyl sites for hydroxylation is 1. The van der Waals surface area contributed by atoms with Crippen LogP contribution in [0.15, 0.2) is 61.2 Å². The van der Waals surface area contributed by atoms with Gasteiger partial charge in [0.05, 0.1) is 0 Å². The summed E-state index contributed by atoms with van der Waals surface area (Å²) in [5.74, 6) is 1.77. The maximum atomic E-state index is 3.80. The molecule has 1 aliphatic carbocycles. The van der Waals surface area contributed by atoms with Gasteiger partial charge in [-0.2, -0.15) is 6.08 Å². The summed E-state index contributed by atoms with van der Waals surface area (Å²) in [6, 6.07) is 7.53. The van der Waals surface area contributed by atoms with Gasteiger partial charge in [0.15, 0.2) is 0 Å². The zero-order chi connectivity index (χ0) is 17.4. The molecule has 1 N–H and O–H groups in total. The molecule has 129 valence electrons. The summed E-state index contributed by atoms with van der Waals surface area (Å²) in [6.07, 6.45) is 14.0. The SMILES string of the molecule is C=CCC(=C)/C=C\[C-]=CC.Cc1bc(C2CCNC3CC32)ccc1.[Y]. The molecule has 0 aromatic carbocycles. The number of rotatable bonds is 5. The van der Waals surface area contributed by atoms with Crippen molar-refractivity contribution in [3.63, 3.8) is 0 Å². The zero-order valence-corrected chi connectivity index (χ0v) is 18.5. The average molecular weight is 407 g/mol. The van der Waals surface area contributed by atoms with Crippen molar-refractivity contribution in [1.29, 1.82) is 0 Å². The van der Waals surface area contributed by atoms with Gasteiger partial charge in [-0.25, -0.2) is 12.2 Å². The van der Waals surface area contributed by atoms with Crippen LogP contribution in [0.25, 0.3) is 0 Å². The van der Waals surface area contributed by atoms with E-state index in [1.54, 1.807) is 5.46 Å². The predicted molar refractivity (Wildman–Crippen MR) is 106 cm³/mol. The molecule has 1 saturated heterocycles. The van der Waals surface area contributed by atoms with E-state index < -0.39 is 0 Å². The van der Waals surface area contributed by atoms with E-state index in [1.165, 1.54) is 24.8 Å². The summed E-state index contributed by atoms with van der Waals surface area (Å²) < 4.78 is 0. The van der Waals surface area contributed by atoms with Crippen LogP contribution in [-0.2, 0) is 32.7 Å². The van der Waals surface area contributed by atoms with Crippen LogP contribution in [0.2, 0.25) is 0 Å². The van der Waals surface area contributed by atoms with Crippen LogP contribution in [0.4, 0.5) is 0 Å². The Morgan fingerprint density at radius 3 is 2.92 bits per heavy atom. The van der Waals surface area contributed by atoms with E-state index in [1.807, 2.05) is 31.2 Å². The fourth-order valence-electron chi connectivity index (χ4n) is 3.36. The van der Waals surface area contributed by atoms with Gasteiger partial charge in [-0.05, 0) is 6.42 Å². The van der Waals surface area contributed by atoms with Gasteiger partial charge in [0.25, 0.3) is 0 Å². The fourth-order valence-corrected chi connectivity index (χ4v) is 3.36. The summed E-state index contributed by atoms with van der Waals surface area (Å²) in [6.45, 7) is 15.1. The van der Waals surface area contributed by atoms with E-state index in [0.717, 1.165) is 29.9 Å². The Hall–Kier alpha value is -0.561. The minimum Gasteiger partial charge on any atom is 0 e. The molecular weight excluding hydrogens is 378 g/mol. The van der Waals surface area contributed by atoms with Gasteiger partial charge < -0.3 is 0 Å². The molecule has 1 aromatic rings. The normalized spacial score (nSPS) is 23.8. The van der Waals surface area contributed by atoms with Crippen LogP contribution in [0.5, 0.6) is 0 Å². The smallest absolute Gasteiger partial charge is 0 e. The third-order valence-electron chi connectivity index (χ3n) is 4.68. The molecule has 3 heteroatoms. The molecule has 3 unspecified atom stereocenters. The van der Waals surface area contributed by atoms with Gasteiger partial charge in [-0.3, -0.25) is 6.08 Å². The minimum atomic E-state index is 0. The van der Waals surface area contributed by atoms with Crippen molar-refractivity contribution in [3.05, 3.63) is 78.2 Å². The van der Waals surface area contributed by atoms with E-state index in [4.69, 9.17) is 0 Å². The molecule has 1 aliphatic heterocycles. The Morgan fingerprint density at radius 2 is 2.24 bits per heavy atom. The van der Waals surface area contributed by atoms with Crippen LogP contribution in [-0.4, -0.2) is 19.5 Å². The molecule has 2 aliphatic rings. The van der Waals surface area contributed by atoms with Crippen molar-refractivity contribution in [3.8, 4) is 0 Å². The molecule has 1 aromatic heterocycles. The second-order valence-corrected chi connectivity index (χ2v) is 6.71. The monoisotopic (exact) mass is 407 g/mol. The second kappa shape index (κ2) is 11.9. The van der Waals surface area contributed by atoms with E-state index >= 15 is 0 Å². The Bertz CT molecular complexity index is 620. The van der Waals surface area contributed by atoms with Gasteiger partial charge in [-0.15, -0.1) is 18.7 Å². The number of nitrogens with one attached hydrogen (secondary N) is 1. The first-order valence-electron chi connectivity index (χ1n) is 8.94. The van der Waals surface area contributed by atoms with Crippen molar-refractivity contribution in [1.82, 2.24) is 5.32 Å². The molecule has 3 atom stereocenters. The van der Waals surface area contributed by atoms with Crippen LogP contribution < -0.4 is 5.32 Å². The molecular formula is C22H29BNY-. The Labute approximate surface area is 179 Å². The Morgan fingerprint density at radius 1 is 1.44 bits per heavy atom. The second-order valence-electron chi connectivity index (χ2n) is 6.71. The van der Waals surface area contributed by atoms with Crippen molar-refractivity contribution >= 4 is 6.91 Å². The van der Waals surface area contributed by atoms with Crippen molar-refractivity contribution < 1.29 is 32.7 Å². The molecule has 2 fully saturated rings. The van der Waals surface area contributed by atoms with Crippen molar-refractivity contribution in [2.45, 2.75) is 45.1 Å². The molecule has 0 spiro atoms. The first-order valence-corrected chi connectivity index (χ1v) is 8.94. The minimum absolute atomic E-state index is 0. The summed E-state index contributed by atoms with van der Waals surface area (Å²) in [5, 5.41) is 3.57. The van der Waals surface area contributed by atoms with E-state index in [-0.39, 0.29) is 32.7 Å². The summed E-state index contributed by atoms with van der Waals surface area (Å²) in [7, 11) is 0. The van der Waals surface area contributed by atoms with Crippen LogP contribution >= 0.6 is 0 Å². The van der Waals surface area contributed by atoms with Crippen LogP contribution in [0, 0.1) is 18.9 Å². The van der Waals surface area contributed by atoms with Crippen LogP contribution in [0.1, 0.15) is 43.0 Å². The van der Waals surface area contributed by atoms with E-state index in [9.17, 15) is 0 Å². The molecule has 1 nitrogen and oxygen atoms in total. The number of hydrogen-bond donors (Lipinski definition) is 1. The van der Waals surface area contributed by atoms with E-state index in [2.05, 4.69) is 56.6 Å². The third-order valence-corrected chi connectivity index (χ3v) is 4.68. The predicted octanol–water partition coefficient (Wildman–Crippen LogP) is 4.85. The number of fused-ring (bicyclic) bond motifs is 1. The quantitative estimate of drug-likeness (QED) is 0.418. The standard InChI is InChI=1S/C12H16BN.C10H13.Y/c1-8-3-2-4-11(13-8)9-5-6-14-12-7-10(9)12;1-4-6-7-9-10(3)8-5-2;/h2-4,9-10,12,14H,5-7H2,1H3;4-5,7,9H,2-3,8H2,1H3;/q;-1;/b;9-7-;. The molecule has 1 radical (unpaired) electrons. The van der Waals surface area contributed by atoms with Gasteiger partial charge in [0, 0.05) is 32.7 Å². The summed E-state index contributed by atoms with van der Waals surface area (Å²) in [4.78, 5) is 0. The van der Waals surface area contributed by atoms with E-state index in [0.29, 0.717) is 0 Å². The Balaban J connectivity index is 0.000000257. The molecule has 2 heterocycles. The van der Waals surface area contributed by atoms with Crippen molar-refractivity contribution in [2.75, 3.05) is 6.54 Å². The first kappa shape index (κ1) is 22.5. The maximum Gasteiger partial charge on any atom is 0 e. The molecule has 25 heavy (non-hydrogen) atoms. The summed E-state index contributed by atoms with van der Waals surface area (Å²) in [5.41, 5.74) is 4.03. The average Bonchev–Trinajstić information content (AvgIpc) is 3.35. The first-order chi connectivity index (χ1) is 11.7. The van der Waals surface area contributed by atoms with Gasteiger partial charge in [0.1, 0.15) is 0 Å². The fraction of sp³-hybridized carbons (Fsp3) is 0.409. The summed E-state index contributed by atoms with van der Waals surface area (Å²) >= 11 is 0. The zero-order valence-electron chi connectivity index (χ0n) is 15.7. The molecule has 1 saturated carbocycles. The largest absolute Gasteiger partial charge is 0 e. The number of allylic oxidation sites excluding steroid dienone is 6. The topological polar surface area (TPSA) is 12.0 Å². The van der Waals surface area contributed by atoms with Gasteiger partial charge in [0.2, 0.25) is 0 Å². The number of hydrogen-bond acceptors (Lipinski definition) is 1.